The summed E-state index contributed by atoms with van der Waals surface area (Å²) >= 11 is 0. The van der Waals surface area contributed by atoms with Gasteiger partial charge in [-0.3, -0.25) is 0 Å². The lowest BCUT2D eigenvalue weighted by Gasteiger charge is -2.45. The minimum absolute atomic E-state index is 0.679. The van der Waals surface area contributed by atoms with Crippen molar-refractivity contribution >= 4 is 0 Å². The van der Waals surface area contributed by atoms with Gasteiger partial charge in [-0.05, 0) is 57.0 Å². The van der Waals surface area contributed by atoms with Gasteiger partial charge in [0.1, 0.15) is 0 Å². The molecule has 3 aliphatic rings. The Morgan fingerprint density at radius 3 is 2.61 bits per heavy atom. The Balaban J connectivity index is 1.63. The Hall–Kier alpha value is -0.760. The predicted octanol–water partition coefficient (Wildman–Crippen LogP) is 2.79. The quantitative estimate of drug-likeness (QED) is 0.754. The van der Waals surface area contributed by atoms with Crippen LogP contribution >= 0.6 is 0 Å². The smallest absolute Gasteiger partial charge is 0.0215 e. The molecular weight excluding hydrogens is 220 g/mol. The average molecular weight is 246 g/mol. The van der Waals surface area contributed by atoms with Crippen molar-refractivity contribution in [2.75, 3.05) is 26.2 Å². The molecule has 3 atom stereocenters. The minimum atomic E-state index is 0.679. The van der Waals surface area contributed by atoms with E-state index in [1.807, 2.05) is 0 Å². The molecule has 3 rings (SSSR count). The average Bonchev–Trinajstić information content (AvgIpc) is 2.37. The summed E-state index contributed by atoms with van der Waals surface area (Å²) in [6, 6.07) is 0. The monoisotopic (exact) mass is 246 g/mol. The molecule has 2 aliphatic heterocycles. The molecule has 2 nitrogen and oxygen atoms in total. The van der Waals surface area contributed by atoms with Crippen molar-refractivity contribution in [2.45, 2.75) is 32.1 Å². The summed E-state index contributed by atoms with van der Waals surface area (Å²) in [4.78, 5) is 2.60. The second-order valence-corrected chi connectivity index (χ2v) is 6.57. The van der Waals surface area contributed by atoms with E-state index in [1.54, 1.807) is 0 Å². The van der Waals surface area contributed by atoms with Crippen LogP contribution in [0.2, 0.25) is 0 Å². The van der Waals surface area contributed by atoms with Crippen LogP contribution in [0, 0.1) is 17.8 Å². The third-order valence-electron chi connectivity index (χ3n) is 4.99. The normalized spacial score (nSPS) is 36.6. The molecule has 3 unspecified atom stereocenters. The molecule has 0 aromatic carbocycles. The van der Waals surface area contributed by atoms with Gasteiger partial charge in [0.05, 0.1) is 0 Å². The molecule has 0 amide bonds. The maximum Gasteiger partial charge on any atom is 0.0215 e. The van der Waals surface area contributed by atoms with Crippen LogP contribution in [0.25, 0.3) is 0 Å². The first kappa shape index (κ1) is 12.3. The number of likely N-dealkylation sites (tertiary alicyclic amines) is 1. The number of fused-ring (bicyclic) bond motifs is 2. The third kappa shape index (κ3) is 2.49. The zero-order valence-corrected chi connectivity index (χ0v) is 11.5. The second-order valence-electron chi connectivity index (χ2n) is 6.57. The zero-order chi connectivity index (χ0) is 12.5. The first-order chi connectivity index (χ1) is 8.72. The highest BCUT2D eigenvalue weighted by Gasteiger charge is 2.32. The van der Waals surface area contributed by atoms with E-state index in [9.17, 15) is 0 Å². The number of hydrogen-bond donors (Lipinski definition) is 1. The van der Waals surface area contributed by atoms with Gasteiger partial charge < -0.3 is 10.2 Å². The van der Waals surface area contributed by atoms with Gasteiger partial charge in [0.15, 0.2) is 0 Å². The lowest BCUT2D eigenvalue weighted by atomic mass is 9.81. The molecule has 2 saturated heterocycles. The van der Waals surface area contributed by atoms with Crippen molar-refractivity contribution in [2.24, 2.45) is 17.8 Å². The van der Waals surface area contributed by atoms with Crippen LogP contribution in [0.5, 0.6) is 0 Å². The molecule has 1 N–H and O–H groups in total. The Labute approximate surface area is 111 Å². The van der Waals surface area contributed by atoms with Crippen molar-refractivity contribution in [3.63, 3.8) is 0 Å². The summed E-state index contributed by atoms with van der Waals surface area (Å²) < 4.78 is 0. The number of allylic oxidation sites excluding steroid dienone is 2. The van der Waals surface area contributed by atoms with E-state index in [2.05, 4.69) is 23.4 Å². The van der Waals surface area contributed by atoms with Gasteiger partial charge in [0.25, 0.3) is 0 Å². The summed E-state index contributed by atoms with van der Waals surface area (Å²) in [6.45, 7) is 13.5. The molecule has 3 fully saturated rings. The van der Waals surface area contributed by atoms with Gasteiger partial charge in [-0.2, -0.15) is 0 Å². The largest absolute Gasteiger partial charge is 0.374 e. The highest BCUT2D eigenvalue weighted by molar-refractivity contribution is 5.11. The van der Waals surface area contributed by atoms with E-state index in [4.69, 9.17) is 0 Å². The Morgan fingerprint density at radius 2 is 1.94 bits per heavy atom. The molecule has 2 bridgehead atoms. The van der Waals surface area contributed by atoms with Crippen LogP contribution in [0.3, 0.4) is 0 Å². The van der Waals surface area contributed by atoms with Gasteiger partial charge in [0, 0.05) is 24.7 Å². The number of hydrogen-bond acceptors (Lipinski definition) is 2. The molecule has 0 spiro atoms. The number of nitrogens with one attached hydrogen (secondary N) is 1. The molecule has 1 aliphatic carbocycles. The van der Waals surface area contributed by atoms with Crippen LogP contribution < -0.4 is 5.32 Å². The fourth-order valence-corrected chi connectivity index (χ4v) is 4.03. The third-order valence-corrected chi connectivity index (χ3v) is 4.99. The minimum Gasteiger partial charge on any atom is -0.374 e. The van der Waals surface area contributed by atoms with Crippen LogP contribution in [-0.2, 0) is 0 Å². The van der Waals surface area contributed by atoms with E-state index in [0.717, 1.165) is 11.8 Å². The van der Waals surface area contributed by atoms with Crippen molar-refractivity contribution in [1.82, 2.24) is 10.2 Å². The van der Waals surface area contributed by atoms with Crippen molar-refractivity contribution in [1.29, 1.82) is 0 Å². The lowest BCUT2D eigenvalue weighted by Crippen LogP contribution is -2.51. The van der Waals surface area contributed by atoms with E-state index >= 15 is 0 Å². The standard InChI is InChI=1S/C16H26N2/c1-12-4-3-5-16(6-12)13(2)18-10-14-7-15(11-18)9-17-8-14/h14-17H,1-11H2. The summed E-state index contributed by atoms with van der Waals surface area (Å²) in [5.74, 6) is 2.38. The molecule has 0 aromatic heterocycles. The fraction of sp³-hybridized carbons (Fsp3) is 0.750. The number of piperidine rings is 2. The maximum absolute atomic E-state index is 4.43. The Morgan fingerprint density at radius 1 is 1.22 bits per heavy atom. The van der Waals surface area contributed by atoms with Crippen LogP contribution in [-0.4, -0.2) is 31.1 Å². The van der Waals surface area contributed by atoms with Crippen LogP contribution in [0.1, 0.15) is 32.1 Å². The molecule has 100 valence electrons. The van der Waals surface area contributed by atoms with Crippen LogP contribution in [0.15, 0.2) is 24.4 Å². The Bertz CT molecular complexity index is 335. The van der Waals surface area contributed by atoms with Gasteiger partial charge in [-0.15, -0.1) is 0 Å². The molecule has 2 heteroatoms. The molecule has 0 radical (unpaired) electrons. The van der Waals surface area contributed by atoms with Gasteiger partial charge in [-0.25, -0.2) is 0 Å². The van der Waals surface area contributed by atoms with Crippen LogP contribution in [0.4, 0.5) is 0 Å². The van der Waals surface area contributed by atoms with E-state index < -0.39 is 0 Å². The molecule has 18 heavy (non-hydrogen) atoms. The lowest BCUT2D eigenvalue weighted by molar-refractivity contribution is 0.113. The zero-order valence-electron chi connectivity index (χ0n) is 11.5. The SMILES string of the molecule is C=C1CCCC(C(=C)N2CC3CNCC(C3)C2)C1. The van der Waals surface area contributed by atoms with Crippen molar-refractivity contribution in [3.8, 4) is 0 Å². The van der Waals surface area contributed by atoms with Crippen molar-refractivity contribution < 1.29 is 0 Å². The van der Waals surface area contributed by atoms with E-state index in [1.165, 1.54) is 69.6 Å². The first-order valence-electron chi connectivity index (χ1n) is 7.53. The van der Waals surface area contributed by atoms with E-state index in [0.29, 0.717) is 5.92 Å². The summed E-state index contributed by atoms with van der Waals surface area (Å²) in [5, 5.41) is 3.56. The second kappa shape index (κ2) is 5.08. The topological polar surface area (TPSA) is 15.3 Å². The highest BCUT2D eigenvalue weighted by Crippen LogP contribution is 2.36. The summed E-state index contributed by atoms with van der Waals surface area (Å²) in [7, 11) is 0. The summed E-state index contributed by atoms with van der Waals surface area (Å²) in [5.41, 5.74) is 2.85. The molecule has 0 aromatic rings. The van der Waals surface area contributed by atoms with Gasteiger partial charge >= 0.3 is 0 Å². The first-order valence-corrected chi connectivity index (χ1v) is 7.53. The Kier molecular flexibility index (Phi) is 3.47. The highest BCUT2D eigenvalue weighted by atomic mass is 15.2. The fourth-order valence-electron chi connectivity index (χ4n) is 4.03. The van der Waals surface area contributed by atoms with Gasteiger partial charge in [-0.1, -0.05) is 18.7 Å². The van der Waals surface area contributed by atoms with Crippen molar-refractivity contribution in [3.05, 3.63) is 24.4 Å². The number of rotatable bonds is 2. The van der Waals surface area contributed by atoms with Gasteiger partial charge in [0.2, 0.25) is 0 Å². The summed E-state index contributed by atoms with van der Waals surface area (Å²) in [6.07, 6.45) is 6.47. The predicted molar refractivity (Wildman–Crippen MR) is 76.3 cm³/mol. The molecule has 2 heterocycles. The molecular formula is C16H26N2. The van der Waals surface area contributed by atoms with E-state index in [-0.39, 0.29) is 0 Å². The number of nitrogens with zero attached hydrogens (tertiary/aromatic N) is 1. The molecule has 1 saturated carbocycles. The maximum atomic E-state index is 4.43.